The molecule has 0 bridgehead atoms. The molecule has 2 aromatic heterocycles. The molecule has 3 aliphatic rings. The van der Waals surface area contributed by atoms with Gasteiger partial charge in [-0.3, -0.25) is 0 Å². The second-order valence-electron chi connectivity index (χ2n) is 10.6. The highest BCUT2D eigenvalue weighted by atomic mass is 19.1. The van der Waals surface area contributed by atoms with Crippen LogP contribution in [-0.2, 0) is 0 Å². The van der Waals surface area contributed by atoms with Crippen molar-refractivity contribution < 1.29 is 13.5 Å². The van der Waals surface area contributed by atoms with Crippen molar-refractivity contribution in [1.29, 1.82) is 0 Å². The SMILES string of the molecule is CC(C)N1c2cc(-c3nc(Nc4ccc(N5CCNCC5)cn4)ncc3F)cc(F)c2OCC12CCCC2. The van der Waals surface area contributed by atoms with Crippen LogP contribution in [0.15, 0.2) is 36.7 Å². The summed E-state index contributed by atoms with van der Waals surface area (Å²) < 4.78 is 36.3. The van der Waals surface area contributed by atoms with Crippen LogP contribution in [0.2, 0.25) is 0 Å². The lowest BCUT2D eigenvalue weighted by Crippen LogP contribution is -2.57. The van der Waals surface area contributed by atoms with Crippen LogP contribution < -0.4 is 25.2 Å². The fourth-order valence-electron chi connectivity index (χ4n) is 6.13. The van der Waals surface area contributed by atoms with Crippen molar-refractivity contribution in [3.63, 3.8) is 0 Å². The zero-order chi connectivity index (χ0) is 26.3. The van der Waals surface area contributed by atoms with Crippen LogP contribution in [0, 0.1) is 11.6 Å². The molecule has 0 radical (unpaired) electrons. The number of fused-ring (bicyclic) bond motifs is 1. The van der Waals surface area contributed by atoms with Gasteiger partial charge in [0.2, 0.25) is 5.95 Å². The van der Waals surface area contributed by atoms with Crippen LogP contribution in [0.3, 0.4) is 0 Å². The topological polar surface area (TPSA) is 78.4 Å². The second-order valence-corrected chi connectivity index (χ2v) is 10.6. The maximum absolute atomic E-state index is 15.3. The predicted octanol–water partition coefficient (Wildman–Crippen LogP) is 4.89. The summed E-state index contributed by atoms with van der Waals surface area (Å²) in [5.74, 6) is -0.192. The molecule has 3 aromatic rings. The standard InChI is InChI=1S/C28H33F2N7O/c1-18(2)37-23-14-19(13-21(29)26(23)38-17-28(37)7-3-4-8-28)25-22(30)16-33-27(35-25)34-24-6-5-20(15-32-24)36-11-9-31-10-12-36/h5-6,13-16,18,31H,3-4,7-12,17H2,1-2H3,(H,32,33,34,35). The average Bonchev–Trinajstić information content (AvgIpc) is 3.38. The van der Waals surface area contributed by atoms with E-state index < -0.39 is 11.6 Å². The molecule has 1 aromatic carbocycles. The fourth-order valence-corrected chi connectivity index (χ4v) is 6.13. The maximum atomic E-state index is 15.3. The number of nitrogens with zero attached hydrogens (tertiary/aromatic N) is 5. The Bertz CT molecular complexity index is 1310. The highest BCUT2D eigenvalue weighted by Crippen LogP contribution is 2.49. The lowest BCUT2D eigenvalue weighted by atomic mass is 9.91. The van der Waals surface area contributed by atoms with E-state index in [0.29, 0.717) is 23.7 Å². The number of piperazine rings is 1. The number of ether oxygens (including phenoxy) is 1. The van der Waals surface area contributed by atoms with E-state index in [4.69, 9.17) is 4.74 Å². The number of pyridine rings is 1. The van der Waals surface area contributed by atoms with Gasteiger partial charge in [0, 0.05) is 37.8 Å². The molecule has 38 heavy (non-hydrogen) atoms. The molecule has 200 valence electrons. The van der Waals surface area contributed by atoms with Crippen molar-refractivity contribution in [2.24, 2.45) is 0 Å². The average molecular weight is 522 g/mol. The van der Waals surface area contributed by atoms with E-state index in [0.717, 1.165) is 63.7 Å². The summed E-state index contributed by atoms with van der Waals surface area (Å²) in [6, 6.07) is 7.06. The molecule has 1 aliphatic carbocycles. The zero-order valence-corrected chi connectivity index (χ0v) is 21.8. The summed E-state index contributed by atoms with van der Waals surface area (Å²) in [6.45, 7) is 8.41. The van der Waals surface area contributed by atoms with E-state index in [-0.39, 0.29) is 29.0 Å². The lowest BCUT2D eigenvalue weighted by molar-refractivity contribution is 0.175. The van der Waals surface area contributed by atoms with Crippen LogP contribution in [-0.4, -0.2) is 59.3 Å². The number of halogens is 2. The molecule has 1 spiro atoms. The fraction of sp³-hybridized carbons (Fsp3) is 0.464. The number of anilines is 4. The third-order valence-corrected chi connectivity index (χ3v) is 7.82. The number of nitrogens with one attached hydrogen (secondary N) is 2. The van der Waals surface area contributed by atoms with E-state index in [9.17, 15) is 0 Å². The minimum atomic E-state index is -0.625. The van der Waals surface area contributed by atoms with E-state index in [2.05, 4.69) is 49.2 Å². The Morgan fingerprint density at radius 3 is 2.53 bits per heavy atom. The molecule has 6 rings (SSSR count). The first-order valence-electron chi connectivity index (χ1n) is 13.4. The molecule has 0 amide bonds. The molecule has 2 N–H and O–H groups in total. The largest absolute Gasteiger partial charge is 0.486 e. The normalized spacial score (nSPS) is 18.6. The van der Waals surface area contributed by atoms with Crippen molar-refractivity contribution in [2.45, 2.75) is 51.1 Å². The molecular formula is C28H33F2N7O. The van der Waals surface area contributed by atoms with Crippen LogP contribution in [0.4, 0.5) is 31.9 Å². The van der Waals surface area contributed by atoms with Gasteiger partial charge in [-0.2, -0.15) is 0 Å². The molecular weight excluding hydrogens is 488 g/mol. The predicted molar refractivity (Wildman–Crippen MR) is 144 cm³/mol. The van der Waals surface area contributed by atoms with Crippen LogP contribution >= 0.6 is 0 Å². The van der Waals surface area contributed by atoms with Crippen LogP contribution in [0.1, 0.15) is 39.5 Å². The molecule has 4 heterocycles. The number of benzene rings is 1. The molecule has 1 saturated carbocycles. The first-order valence-corrected chi connectivity index (χ1v) is 13.4. The van der Waals surface area contributed by atoms with Crippen molar-refractivity contribution in [1.82, 2.24) is 20.3 Å². The summed E-state index contributed by atoms with van der Waals surface area (Å²) >= 11 is 0. The number of rotatable bonds is 5. The van der Waals surface area contributed by atoms with Gasteiger partial charge in [0.15, 0.2) is 17.4 Å². The minimum absolute atomic E-state index is 0.0244. The number of hydrogen-bond acceptors (Lipinski definition) is 8. The van der Waals surface area contributed by atoms with E-state index >= 15 is 8.78 Å². The third kappa shape index (κ3) is 4.51. The minimum Gasteiger partial charge on any atom is -0.486 e. The molecule has 1 saturated heterocycles. The second kappa shape index (κ2) is 9.98. The molecule has 0 unspecified atom stereocenters. The smallest absolute Gasteiger partial charge is 0.229 e. The summed E-state index contributed by atoms with van der Waals surface area (Å²) in [7, 11) is 0. The van der Waals surface area contributed by atoms with Gasteiger partial charge in [-0.1, -0.05) is 12.8 Å². The van der Waals surface area contributed by atoms with Crippen LogP contribution in [0.25, 0.3) is 11.3 Å². The summed E-state index contributed by atoms with van der Waals surface area (Å²) in [5, 5.41) is 6.39. The summed E-state index contributed by atoms with van der Waals surface area (Å²) in [4.78, 5) is 17.5. The maximum Gasteiger partial charge on any atom is 0.229 e. The Morgan fingerprint density at radius 1 is 1.03 bits per heavy atom. The Hall–Kier alpha value is -3.53. The first-order chi connectivity index (χ1) is 18.4. The summed E-state index contributed by atoms with van der Waals surface area (Å²) in [5.41, 5.74) is 1.90. The van der Waals surface area contributed by atoms with E-state index in [1.807, 2.05) is 12.1 Å². The Morgan fingerprint density at radius 2 is 1.82 bits per heavy atom. The van der Waals surface area contributed by atoms with Gasteiger partial charge in [0.05, 0.1) is 29.3 Å². The van der Waals surface area contributed by atoms with Crippen molar-refractivity contribution in [3.8, 4) is 17.0 Å². The summed E-state index contributed by atoms with van der Waals surface area (Å²) in [6.07, 6.45) is 7.12. The van der Waals surface area contributed by atoms with Crippen molar-refractivity contribution in [3.05, 3.63) is 48.3 Å². The van der Waals surface area contributed by atoms with Crippen molar-refractivity contribution in [2.75, 3.05) is 47.9 Å². The van der Waals surface area contributed by atoms with E-state index in [1.165, 1.54) is 6.07 Å². The Labute approximate surface area is 221 Å². The monoisotopic (exact) mass is 521 g/mol. The molecule has 10 heteroatoms. The van der Waals surface area contributed by atoms with Crippen LogP contribution in [0.5, 0.6) is 5.75 Å². The first kappa shape index (κ1) is 24.8. The van der Waals surface area contributed by atoms with Gasteiger partial charge in [-0.25, -0.2) is 23.7 Å². The molecule has 0 atom stereocenters. The third-order valence-electron chi connectivity index (χ3n) is 7.82. The van der Waals surface area contributed by atoms with Crippen molar-refractivity contribution >= 4 is 23.1 Å². The van der Waals surface area contributed by atoms with Gasteiger partial charge in [0.25, 0.3) is 0 Å². The van der Waals surface area contributed by atoms with Gasteiger partial charge in [-0.15, -0.1) is 0 Å². The molecule has 8 nitrogen and oxygen atoms in total. The van der Waals surface area contributed by atoms with Gasteiger partial charge < -0.3 is 25.2 Å². The van der Waals surface area contributed by atoms with E-state index in [1.54, 1.807) is 12.3 Å². The zero-order valence-electron chi connectivity index (χ0n) is 21.8. The molecule has 2 aliphatic heterocycles. The lowest BCUT2D eigenvalue weighted by Gasteiger charge is -2.49. The number of aromatic nitrogens is 3. The molecule has 2 fully saturated rings. The van der Waals surface area contributed by atoms with Gasteiger partial charge >= 0.3 is 0 Å². The van der Waals surface area contributed by atoms with Gasteiger partial charge in [0.1, 0.15) is 18.1 Å². The highest BCUT2D eigenvalue weighted by Gasteiger charge is 2.46. The Kier molecular flexibility index (Phi) is 6.51. The quantitative estimate of drug-likeness (QED) is 0.492. The number of hydrogen-bond donors (Lipinski definition) is 2. The van der Waals surface area contributed by atoms with Gasteiger partial charge in [-0.05, 0) is 51.0 Å². The Balaban J connectivity index is 1.30. The highest BCUT2D eigenvalue weighted by molar-refractivity contribution is 5.74.